The second-order valence-corrected chi connectivity index (χ2v) is 5.59. The SMILES string of the molecule is Cc1cc(NC(=O)c2ccc(NCCN3CCOCC3)cn2)no1. The average Bonchev–Trinajstić information content (AvgIpc) is 3.01. The number of hydrogen-bond acceptors (Lipinski definition) is 7. The first-order valence-electron chi connectivity index (χ1n) is 7.95. The Kier molecular flexibility index (Phi) is 5.39. The number of anilines is 2. The molecule has 1 amide bonds. The third-order valence-corrected chi connectivity index (χ3v) is 3.73. The molecule has 1 aliphatic heterocycles. The fourth-order valence-electron chi connectivity index (χ4n) is 2.42. The number of ether oxygens (including phenoxy) is 1. The standard InChI is InChI=1S/C16H21N5O3/c1-12-10-15(20-24-12)19-16(22)14-3-2-13(11-18-14)17-4-5-21-6-8-23-9-7-21/h2-3,10-11,17H,4-9H2,1H3,(H,19,20,22). The van der Waals surface area contributed by atoms with Gasteiger partial charge in [0.25, 0.3) is 5.91 Å². The zero-order valence-electron chi connectivity index (χ0n) is 13.6. The lowest BCUT2D eigenvalue weighted by Crippen LogP contribution is -2.39. The van der Waals surface area contributed by atoms with Crippen molar-refractivity contribution in [1.29, 1.82) is 0 Å². The summed E-state index contributed by atoms with van der Waals surface area (Å²) < 4.78 is 10.2. The maximum absolute atomic E-state index is 12.1. The van der Waals surface area contributed by atoms with Crippen LogP contribution in [0.4, 0.5) is 11.5 Å². The van der Waals surface area contributed by atoms with Gasteiger partial charge in [0.15, 0.2) is 5.82 Å². The van der Waals surface area contributed by atoms with Gasteiger partial charge in [0.1, 0.15) is 11.5 Å². The van der Waals surface area contributed by atoms with Crippen molar-refractivity contribution in [1.82, 2.24) is 15.0 Å². The van der Waals surface area contributed by atoms with Crippen molar-refractivity contribution in [2.24, 2.45) is 0 Å². The van der Waals surface area contributed by atoms with Crippen LogP contribution < -0.4 is 10.6 Å². The third kappa shape index (κ3) is 4.53. The van der Waals surface area contributed by atoms with E-state index in [0.29, 0.717) is 17.3 Å². The lowest BCUT2D eigenvalue weighted by atomic mass is 10.3. The van der Waals surface area contributed by atoms with Gasteiger partial charge >= 0.3 is 0 Å². The van der Waals surface area contributed by atoms with Crippen LogP contribution in [0.3, 0.4) is 0 Å². The van der Waals surface area contributed by atoms with E-state index in [2.05, 4.69) is 25.7 Å². The fourth-order valence-corrected chi connectivity index (χ4v) is 2.42. The predicted octanol–water partition coefficient (Wildman–Crippen LogP) is 1.37. The van der Waals surface area contributed by atoms with Crippen LogP contribution in [-0.4, -0.2) is 60.3 Å². The highest BCUT2D eigenvalue weighted by Crippen LogP contribution is 2.10. The molecular formula is C16H21N5O3. The van der Waals surface area contributed by atoms with E-state index >= 15 is 0 Å². The fraction of sp³-hybridized carbons (Fsp3) is 0.438. The molecule has 2 aromatic heterocycles. The van der Waals surface area contributed by atoms with Crippen LogP contribution >= 0.6 is 0 Å². The van der Waals surface area contributed by atoms with Gasteiger partial charge in [-0.3, -0.25) is 9.69 Å². The van der Waals surface area contributed by atoms with E-state index in [1.807, 2.05) is 6.07 Å². The first-order valence-corrected chi connectivity index (χ1v) is 7.95. The summed E-state index contributed by atoms with van der Waals surface area (Å²) in [5.74, 6) is 0.702. The summed E-state index contributed by atoms with van der Waals surface area (Å²) in [4.78, 5) is 18.6. The molecule has 0 atom stereocenters. The molecule has 128 valence electrons. The average molecular weight is 331 g/mol. The Hall–Kier alpha value is -2.45. The van der Waals surface area contributed by atoms with E-state index < -0.39 is 0 Å². The number of rotatable bonds is 6. The van der Waals surface area contributed by atoms with Gasteiger partial charge in [-0.2, -0.15) is 0 Å². The zero-order chi connectivity index (χ0) is 16.8. The molecule has 1 fully saturated rings. The number of carbonyl (C=O) groups excluding carboxylic acids is 1. The first-order chi connectivity index (χ1) is 11.7. The highest BCUT2D eigenvalue weighted by molar-refractivity contribution is 6.02. The van der Waals surface area contributed by atoms with Gasteiger partial charge in [-0.05, 0) is 19.1 Å². The van der Waals surface area contributed by atoms with Gasteiger partial charge < -0.3 is 19.9 Å². The van der Waals surface area contributed by atoms with Crippen LogP contribution in [0.25, 0.3) is 0 Å². The molecule has 24 heavy (non-hydrogen) atoms. The molecular weight excluding hydrogens is 310 g/mol. The summed E-state index contributed by atoms with van der Waals surface area (Å²) >= 11 is 0. The predicted molar refractivity (Wildman–Crippen MR) is 89.2 cm³/mol. The van der Waals surface area contributed by atoms with Gasteiger partial charge in [0.2, 0.25) is 0 Å². The molecule has 0 bridgehead atoms. The summed E-state index contributed by atoms with van der Waals surface area (Å²) in [6, 6.07) is 5.17. The van der Waals surface area contributed by atoms with Crippen molar-refractivity contribution < 1.29 is 14.1 Å². The highest BCUT2D eigenvalue weighted by atomic mass is 16.5. The van der Waals surface area contributed by atoms with E-state index in [9.17, 15) is 4.79 Å². The summed E-state index contributed by atoms with van der Waals surface area (Å²) in [6.07, 6.45) is 1.66. The largest absolute Gasteiger partial charge is 0.383 e. The van der Waals surface area contributed by atoms with Crippen molar-refractivity contribution in [3.63, 3.8) is 0 Å². The molecule has 0 radical (unpaired) electrons. The number of pyridine rings is 1. The van der Waals surface area contributed by atoms with Crippen molar-refractivity contribution >= 4 is 17.4 Å². The highest BCUT2D eigenvalue weighted by Gasteiger charge is 2.11. The zero-order valence-corrected chi connectivity index (χ0v) is 13.6. The van der Waals surface area contributed by atoms with Crippen LogP contribution in [0.2, 0.25) is 0 Å². The second-order valence-electron chi connectivity index (χ2n) is 5.59. The van der Waals surface area contributed by atoms with Crippen molar-refractivity contribution in [2.75, 3.05) is 50.0 Å². The summed E-state index contributed by atoms with van der Waals surface area (Å²) in [5, 5.41) is 9.67. The van der Waals surface area contributed by atoms with Crippen LogP contribution in [0.15, 0.2) is 28.9 Å². The van der Waals surface area contributed by atoms with E-state index in [-0.39, 0.29) is 5.91 Å². The molecule has 8 heteroatoms. The van der Waals surface area contributed by atoms with Gasteiger partial charge in [0.05, 0.1) is 25.1 Å². The minimum atomic E-state index is -0.317. The Bertz CT molecular complexity index is 665. The molecule has 0 spiro atoms. The Morgan fingerprint density at radius 1 is 1.33 bits per heavy atom. The maximum Gasteiger partial charge on any atom is 0.275 e. The minimum absolute atomic E-state index is 0.317. The number of nitrogens with zero attached hydrogens (tertiary/aromatic N) is 3. The molecule has 1 saturated heterocycles. The van der Waals surface area contributed by atoms with Gasteiger partial charge in [0, 0.05) is 32.2 Å². The Morgan fingerprint density at radius 3 is 2.83 bits per heavy atom. The molecule has 0 unspecified atom stereocenters. The maximum atomic E-state index is 12.1. The Labute approximate surface area is 140 Å². The summed E-state index contributed by atoms with van der Waals surface area (Å²) in [7, 11) is 0. The van der Waals surface area contributed by atoms with Crippen LogP contribution in [-0.2, 0) is 4.74 Å². The Morgan fingerprint density at radius 2 is 2.17 bits per heavy atom. The lowest BCUT2D eigenvalue weighted by molar-refractivity contribution is 0.0398. The molecule has 2 aromatic rings. The van der Waals surface area contributed by atoms with Crippen molar-refractivity contribution in [3.8, 4) is 0 Å². The van der Waals surface area contributed by atoms with Gasteiger partial charge in [-0.15, -0.1) is 0 Å². The van der Waals surface area contributed by atoms with Gasteiger partial charge in [-0.25, -0.2) is 4.98 Å². The Balaban J connectivity index is 1.46. The normalized spacial score (nSPS) is 15.2. The molecule has 0 saturated carbocycles. The molecule has 8 nitrogen and oxygen atoms in total. The first kappa shape index (κ1) is 16.4. The molecule has 0 aliphatic carbocycles. The lowest BCUT2D eigenvalue weighted by Gasteiger charge is -2.26. The van der Waals surface area contributed by atoms with E-state index in [0.717, 1.165) is 45.1 Å². The van der Waals surface area contributed by atoms with Crippen LogP contribution in [0.5, 0.6) is 0 Å². The van der Waals surface area contributed by atoms with E-state index in [1.165, 1.54) is 0 Å². The molecule has 3 rings (SSSR count). The number of morpholine rings is 1. The number of nitrogens with one attached hydrogen (secondary N) is 2. The smallest absolute Gasteiger partial charge is 0.275 e. The monoisotopic (exact) mass is 331 g/mol. The van der Waals surface area contributed by atoms with Crippen LogP contribution in [0.1, 0.15) is 16.2 Å². The van der Waals surface area contributed by atoms with Crippen molar-refractivity contribution in [3.05, 3.63) is 35.9 Å². The van der Waals surface area contributed by atoms with Crippen molar-refractivity contribution in [2.45, 2.75) is 6.92 Å². The summed E-state index contributed by atoms with van der Waals surface area (Å²) in [5.41, 5.74) is 1.21. The second kappa shape index (κ2) is 7.89. The number of carbonyl (C=O) groups is 1. The number of aryl methyl sites for hydroxylation is 1. The topological polar surface area (TPSA) is 92.5 Å². The minimum Gasteiger partial charge on any atom is -0.383 e. The molecule has 2 N–H and O–H groups in total. The van der Waals surface area contributed by atoms with E-state index in [1.54, 1.807) is 25.3 Å². The molecule has 3 heterocycles. The number of aromatic nitrogens is 2. The quantitative estimate of drug-likeness (QED) is 0.826. The summed E-state index contributed by atoms with van der Waals surface area (Å²) in [6.45, 7) is 7.09. The van der Waals surface area contributed by atoms with E-state index in [4.69, 9.17) is 9.26 Å². The number of amides is 1. The third-order valence-electron chi connectivity index (χ3n) is 3.73. The van der Waals surface area contributed by atoms with Crippen LogP contribution in [0, 0.1) is 6.92 Å². The number of hydrogen-bond donors (Lipinski definition) is 2. The molecule has 0 aromatic carbocycles. The van der Waals surface area contributed by atoms with Gasteiger partial charge in [-0.1, -0.05) is 5.16 Å². The molecule has 1 aliphatic rings.